The first-order chi connectivity index (χ1) is 15.6. The van der Waals surface area contributed by atoms with E-state index >= 15 is 0 Å². The Kier molecular flexibility index (Phi) is 7.00. The van der Waals surface area contributed by atoms with Gasteiger partial charge >= 0.3 is 0 Å². The van der Waals surface area contributed by atoms with E-state index < -0.39 is 15.7 Å². The molecule has 0 aliphatic carbocycles. The maximum absolute atomic E-state index is 12.7. The molecule has 0 radical (unpaired) electrons. The Morgan fingerprint density at radius 1 is 1.30 bits per heavy atom. The number of anilines is 1. The summed E-state index contributed by atoms with van der Waals surface area (Å²) in [6.07, 6.45) is 1.49. The standard InChI is InChI=1S/C22H23N5O4S2/c1-6-33(29,30)22-25-21(32-26-22)24-20(28)17(12-23)11-16-10-14(3)27(15(16)4)18-9-13(2)7-8-19(18)31-5/h7-11H,6H2,1-5H3,(H,24,25,26,28). The van der Waals surface area contributed by atoms with Crippen molar-refractivity contribution < 1.29 is 17.9 Å². The molecule has 1 aromatic carbocycles. The van der Waals surface area contributed by atoms with Crippen molar-refractivity contribution in [2.24, 2.45) is 0 Å². The van der Waals surface area contributed by atoms with Crippen LogP contribution in [0.3, 0.4) is 0 Å². The molecule has 0 saturated heterocycles. The molecule has 172 valence electrons. The van der Waals surface area contributed by atoms with Crippen LogP contribution in [0.4, 0.5) is 5.13 Å². The highest BCUT2D eigenvalue weighted by Crippen LogP contribution is 2.30. The van der Waals surface area contributed by atoms with E-state index in [2.05, 4.69) is 14.7 Å². The van der Waals surface area contributed by atoms with Crippen molar-refractivity contribution in [2.45, 2.75) is 32.9 Å². The molecule has 33 heavy (non-hydrogen) atoms. The highest BCUT2D eigenvalue weighted by Gasteiger charge is 2.21. The number of nitriles is 1. The lowest BCUT2D eigenvalue weighted by molar-refractivity contribution is -0.112. The molecule has 0 atom stereocenters. The van der Waals surface area contributed by atoms with E-state index in [1.807, 2.05) is 55.7 Å². The van der Waals surface area contributed by atoms with Gasteiger partial charge in [-0.2, -0.15) is 14.6 Å². The van der Waals surface area contributed by atoms with Crippen LogP contribution in [0.2, 0.25) is 0 Å². The third-order valence-corrected chi connectivity index (χ3v) is 7.24. The molecule has 0 aliphatic heterocycles. The van der Waals surface area contributed by atoms with Crippen LogP contribution in [-0.4, -0.2) is 41.1 Å². The fourth-order valence-corrected chi connectivity index (χ4v) is 4.85. The van der Waals surface area contributed by atoms with Crippen LogP contribution in [0.1, 0.15) is 29.4 Å². The van der Waals surface area contributed by atoms with E-state index in [4.69, 9.17) is 4.74 Å². The second kappa shape index (κ2) is 9.56. The van der Waals surface area contributed by atoms with Crippen LogP contribution in [0.15, 0.2) is 35.0 Å². The van der Waals surface area contributed by atoms with Crippen LogP contribution >= 0.6 is 11.5 Å². The first-order valence-electron chi connectivity index (χ1n) is 9.94. The van der Waals surface area contributed by atoms with E-state index in [-0.39, 0.29) is 21.6 Å². The molecular weight excluding hydrogens is 462 g/mol. The minimum Gasteiger partial charge on any atom is -0.495 e. The Labute approximate surface area is 196 Å². The Bertz CT molecular complexity index is 1390. The molecule has 3 rings (SSSR count). The van der Waals surface area contributed by atoms with E-state index in [1.54, 1.807) is 7.11 Å². The van der Waals surface area contributed by atoms with Gasteiger partial charge in [0.15, 0.2) is 0 Å². The molecule has 2 aromatic heterocycles. The number of rotatable bonds is 7. The normalized spacial score (nSPS) is 11.8. The van der Waals surface area contributed by atoms with Gasteiger partial charge in [0.1, 0.15) is 17.4 Å². The van der Waals surface area contributed by atoms with Gasteiger partial charge in [-0.3, -0.25) is 10.1 Å². The molecule has 1 amide bonds. The Hall–Kier alpha value is -3.49. The topological polar surface area (TPSA) is 127 Å². The number of aryl methyl sites for hydroxylation is 2. The average Bonchev–Trinajstić information content (AvgIpc) is 3.36. The lowest BCUT2D eigenvalue weighted by Gasteiger charge is -2.14. The zero-order valence-corrected chi connectivity index (χ0v) is 20.5. The van der Waals surface area contributed by atoms with E-state index in [0.29, 0.717) is 11.3 Å². The summed E-state index contributed by atoms with van der Waals surface area (Å²) in [5.74, 6) is -0.153. The minimum absolute atomic E-state index is 0.00291. The van der Waals surface area contributed by atoms with Crippen LogP contribution < -0.4 is 10.1 Å². The number of methoxy groups -OCH3 is 1. The Morgan fingerprint density at radius 3 is 2.67 bits per heavy atom. The number of aromatic nitrogens is 3. The summed E-state index contributed by atoms with van der Waals surface area (Å²) in [5.41, 5.74) is 4.18. The highest BCUT2D eigenvalue weighted by molar-refractivity contribution is 7.91. The van der Waals surface area contributed by atoms with Crippen LogP contribution in [0.25, 0.3) is 11.8 Å². The zero-order valence-electron chi connectivity index (χ0n) is 18.8. The monoisotopic (exact) mass is 485 g/mol. The predicted molar refractivity (Wildman–Crippen MR) is 126 cm³/mol. The number of hydrogen-bond donors (Lipinski definition) is 1. The summed E-state index contributed by atoms with van der Waals surface area (Å²) >= 11 is 0.740. The molecule has 1 N–H and O–H groups in total. The minimum atomic E-state index is -3.59. The van der Waals surface area contributed by atoms with Crippen molar-refractivity contribution in [1.82, 2.24) is 13.9 Å². The molecule has 11 heteroatoms. The molecule has 0 aliphatic rings. The molecule has 2 heterocycles. The van der Waals surface area contributed by atoms with Crippen molar-refractivity contribution in [3.8, 4) is 17.5 Å². The second-order valence-electron chi connectivity index (χ2n) is 7.25. The van der Waals surface area contributed by atoms with Crippen LogP contribution in [0.5, 0.6) is 5.75 Å². The number of carbonyl (C=O) groups is 1. The first kappa shape index (κ1) is 24.2. The summed E-state index contributed by atoms with van der Waals surface area (Å²) in [6, 6.07) is 9.62. The quantitative estimate of drug-likeness (QED) is 0.400. The van der Waals surface area contributed by atoms with Gasteiger partial charge in [0.05, 0.1) is 18.6 Å². The summed E-state index contributed by atoms with van der Waals surface area (Å²) in [6.45, 7) is 7.28. The predicted octanol–water partition coefficient (Wildman–Crippen LogP) is 3.60. The number of sulfone groups is 1. The molecule has 0 unspecified atom stereocenters. The van der Waals surface area contributed by atoms with Crippen molar-refractivity contribution >= 4 is 38.5 Å². The summed E-state index contributed by atoms with van der Waals surface area (Å²) < 4.78 is 35.0. The van der Waals surface area contributed by atoms with E-state index in [0.717, 1.165) is 34.2 Å². The van der Waals surface area contributed by atoms with Gasteiger partial charge in [-0.25, -0.2) is 8.42 Å². The molecule has 0 bridgehead atoms. The molecule has 0 saturated carbocycles. The van der Waals surface area contributed by atoms with E-state index in [9.17, 15) is 18.5 Å². The molecule has 9 nitrogen and oxygen atoms in total. The van der Waals surface area contributed by atoms with Crippen molar-refractivity contribution in [2.75, 3.05) is 18.2 Å². The van der Waals surface area contributed by atoms with Crippen LogP contribution in [-0.2, 0) is 14.6 Å². The SMILES string of the molecule is CCS(=O)(=O)c1nsc(NC(=O)C(C#N)=Cc2cc(C)n(-c3cc(C)ccc3OC)c2C)n1. The second-order valence-corrected chi connectivity index (χ2v) is 10.2. The number of hydrogen-bond acceptors (Lipinski definition) is 8. The average molecular weight is 486 g/mol. The maximum Gasteiger partial charge on any atom is 0.268 e. The molecule has 0 spiro atoms. The van der Waals surface area contributed by atoms with E-state index in [1.165, 1.54) is 13.0 Å². The molecular formula is C22H23N5O4S2. The smallest absolute Gasteiger partial charge is 0.268 e. The van der Waals surface area contributed by atoms with Gasteiger partial charge in [0.2, 0.25) is 15.0 Å². The third kappa shape index (κ3) is 4.97. The van der Waals surface area contributed by atoms with Crippen molar-refractivity contribution in [3.63, 3.8) is 0 Å². The van der Waals surface area contributed by atoms with Gasteiger partial charge in [-0.05, 0) is 56.2 Å². The summed E-state index contributed by atoms with van der Waals surface area (Å²) in [7, 11) is -1.98. The lowest BCUT2D eigenvalue weighted by atomic mass is 10.1. The third-order valence-electron chi connectivity index (χ3n) is 5.00. The van der Waals surface area contributed by atoms with Gasteiger partial charge in [-0.15, -0.1) is 0 Å². The number of benzene rings is 1. The van der Waals surface area contributed by atoms with Gasteiger partial charge in [-0.1, -0.05) is 13.0 Å². The number of ether oxygens (including phenoxy) is 1. The molecule has 3 aromatic rings. The summed E-state index contributed by atoms with van der Waals surface area (Å²) in [4.78, 5) is 16.5. The largest absolute Gasteiger partial charge is 0.495 e. The number of carbonyl (C=O) groups excluding carboxylic acids is 1. The number of nitrogens with zero attached hydrogens (tertiary/aromatic N) is 4. The lowest BCUT2D eigenvalue weighted by Crippen LogP contribution is -2.14. The highest BCUT2D eigenvalue weighted by atomic mass is 32.2. The van der Waals surface area contributed by atoms with Gasteiger partial charge < -0.3 is 9.30 Å². The fraction of sp³-hybridized carbons (Fsp3) is 0.273. The number of nitrogens with one attached hydrogen (secondary N) is 1. The number of amides is 1. The maximum atomic E-state index is 12.7. The fourth-order valence-electron chi connectivity index (χ4n) is 3.26. The summed E-state index contributed by atoms with van der Waals surface area (Å²) in [5, 5.41) is 11.7. The molecule has 0 fully saturated rings. The van der Waals surface area contributed by atoms with Gasteiger partial charge in [0.25, 0.3) is 11.1 Å². The Morgan fingerprint density at radius 2 is 2.03 bits per heavy atom. The van der Waals surface area contributed by atoms with Gasteiger partial charge in [0, 0.05) is 22.9 Å². The van der Waals surface area contributed by atoms with Crippen LogP contribution in [0, 0.1) is 32.1 Å². The van der Waals surface area contributed by atoms with Crippen molar-refractivity contribution in [1.29, 1.82) is 5.26 Å². The van der Waals surface area contributed by atoms with Crippen molar-refractivity contribution in [3.05, 3.63) is 52.4 Å². The zero-order chi connectivity index (χ0) is 24.3. The Balaban J connectivity index is 1.94. The first-order valence-corrected chi connectivity index (χ1v) is 12.4.